The average Bonchev–Trinajstić information content (AvgIpc) is 2.65. The molecule has 1 aliphatic carbocycles. The molecule has 0 spiro atoms. The third-order valence-corrected chi connectivity index (χ3v) is 4.64. The maximum Gasteiger partial charge on any atom is 0.0499 e. The van der Waals surface area contributed by atoms with Crippen molar-refractivity contribution in [2.24, 2.45) is 5.41 Å². The minimum Gasteiger partial charge on any atom is -0.396 e. The lowest BCUT2D eigenvalue weighted by Gasteiger charge is -2.35. The maximum absolute atomic E-state index is 9.90. The fraction of sp³-hybridized carbons (Fsp3) is 0.667. The summed E-state index contributed by atoms with van der Waals surface area (Å²) in [6, 6.07) is 8.73. The molecule has 112 valence electrons. The lowest BCUT2D eigenvalue weighted by Crippen LogP contribution is -2.38. The van der Waals surface area contributed by atoms with Crippen LogP contribution in [0, 0.1) is 12.3 Å². The zero-order chi connectivity index (χ0) is 14.4. The van der Waals surface area contributed by atoms with Gasteiger partial charge in [0.05, 0.1) is 0 Å². The highest BCUT2D eigenvalue weighted by atomic mass is 16.3. The number of hydrogen-bond donors (Lipinski definition) is 1. The highest BCUT2D eigenvalue weighted by Crippen LogP contribution is 2.35. The molecule has 1 saturated carbocycles. The van der Waals surface area contributed by atoms with E-state index in [1.54, 1.807) is 0 Å². The lowest BCUT2D eigenvalue weighted by atomic mass is 9.80. The molecule has 1 aromatic carbocycles. The molecule has 0 heterocycles. The first kappa shape index (κ1) is 15.5. The minimum absolute atomic E-state index is 0.134. The summed E-state index contributed by atoms with van der Waals surface area (Å²) in [5.41, 5.74) is 2.83. The van der Waals surface area contributed by atoms with Gasteiger partial charge in [0, 0.05) is 25.1 Å². The Morgan fingerprint density at radius 2 is 1.85 bits per heavy atom. The molecule has 0 aromatic heterocycles. The first-order chi connectivity index (χ1) is 9.63. The Balaban J connectivity index is 1.96. The van der Waals surface area contributed by atoms with Crippen LogP contribution in [0.4, 0.5) is 0 Å². The van der Waals surface area contributed by atoms with Gasteiger partial charge in [0.15, 0.2) is 0 Å². The molecule has 2 rings (SSSR count). The van der Waals surface area contributed by atoms with Gasteiger partial charge in [-0.15, -0.1) is 0 Å². The number of hydrogen-bond acceptors (Lipinski definition) is 2. The van der Waals surface area contributed by atoms with Crippen molar-refractivity contribution >= 4 is 0 Å². The van der Waals surface area contributed by atoms with Crippen LogP contribution in [0.15, 0.2) is 24.3 Å². The normalized spacial score (nSPS) is 19.0. The van der Waals surface area contributed by atoms with Crippen LogP contribution in [0.1, 0.15) is 49.7 Å². The van der Waals surface area contributed by atoms with Gasteiger partial charge >= 0.3 is 0 Å². The highest BCUT2D eigenvalue weighted by Gasteiger charge is 2.31. The number of aryl methyl sites for hydroxylation is 1. The van der Waals surface area contributed by atoms with Crippen LogP contribution in [0.25, 0.3) is 0 Å². The van der Waals surface area contributed by atoms with Crippen molar-refractivity contribution in [1.82, 2.24) is 4.90 Å². The molecule has 0 saturated heterocycles. The molecule has 0 amide bonds. The Bertz CT molecular complexity index is 408. The first-order valence-corrected chi connectivity index (χ1v) is 7.99. The van der Waals surface area contributed by atoms with Crippen LogP contribution >= 0.6 is 0 Å². The van der Waals surface area contributed by atoms with Gasteiger partial charge in [-0.3, -0.25) is 0 Å². The largest absolute Gasteiger partial charge is 0.396 e. The minimum atomic E-state index is 0.134. The molecule has 1 fully saturated rings. The van der Waals surface area contributed by atoms with Gasteiger partial charge in [-0.25, -0.2) is 0 Å². The van der Waals surface area contributed by atoms with Gasteiger partial charge in [0.1, 0.15) is 0 Å². The SMILES string of the molecule is Cc1cccc(CN(C)CC2(CO)CCCCCC2)c1. The van der Waals surface area contributed by atoms with Crippen LogP contribution < -0.4 is 0 Å². The van der Waals surface area contributed by atoms with Gasteiger partial charge in [0.25, 0.3) is 0 Å². The number of aliphatic hydroxyl groups is 1. The second kappa shape index (κ2) is 7.24. The van der Waals surface area contributed by atoms with Crippen molar-refractivity contribution in [3.8, 4) is 0 Å². The Hall–Kier alpha value is -0.860. The Kier molecular flexibility index (Phi) is 5.62. The molecule has 2 nitrogen and oxygen atoms in total. The molecule has 2 heteroatoms. The van der Waals surface area contributed by atoms with E-state index in [0.29, 0.717) is 6.61 Å². The molecule has 0 atom stereocenters. The van der Waals surface area contributed by atoms with E-state index in [0.717, 1.165) is 13.1 Å². The van der Waals surface area contributed by atoms with E-state index in [1.165, 1.54) is 49.7 Å². The van der Waals surface area contributed by atoms with E-state index >= 15 is 0 Å². The number of benzene rings is 1. The molecule has 1 N–H and O–H groups in total. The van der Waals surface area contributed by atoms with Gasteiger partial charge in [0.2, 0.25) is 0 Å². The van der Waals surface area contributed by atoms with E-state index < -0.39 is 0 Å². The Morgan fingerprint density at radius 1 is 1.15 bits per heavy atom. The van der Waals surface area contributed by atoms with Crippen LogP contribution in [-0.2, 0) is 6.54 Å². The fourth-order valence-corrected chi connectivity index (χ4v) is 3.60. The number of aliphatic hydroxyl groups excluding tert-OH is 1. The number of rotatable bonds is 5. The van der Waals surface area contributed by atoms with Crippen molar-refractivity contribution in [2.45, 2.75) is 52.0 Å². The molecular weight excluding hydrogens is 246 g/mol. The molecule has 0 aliphatic heterocycles. The molecule has 1 aromatic rings. The second-order valence-electron chi connectivity index (χ2n) is 6.73. The van der Waals surface area contributed by atoms with E-state index in [4.69, 9.17) is 0 Å². The highest BCUT2D eigenvalue weighted by molar-refractivity contribution is 5.22. The van der Waals surface area contributed by atoms with Crippen LogP contribution in [-0.4, -0.2) is 30.2 Å². The third-order valence-electron chi connectivity index (χ3n) is 4.64. The summed E-state index contributed by atoms with van der Waals surface area (Å²) in [7, 11) is 2.19. The summed E-state index contributed by atoms with van der Waals surface area (Å²) in [5.74, 6) is 0. The summed E-state index contributed by atoms with van der Waals surface area (Å²) < 4.78 is 0. The fourth-order valence-electron chi connectivity index (χ4n) is 3.60. The van der Waals surface area contributed by atoms with Gasteiger partial charge in [-0.1, -0.05) is 55.5 Å². The van der Waals surface area contributed by atoms with E-state index in [2.05, 4.69) is 43.1 Å². The van der Waals surface area contributed by atoms with Crippen molar-refractivity contribution in [2.75, 3.05) is 20.2 Å². The topological polar surface area (TPSA) is 23.5 Å². The van der Waals surface area contributed by atoms with Gasteiger partial charge in [-0.2, -0.15) is 0 Å². The summed E-state index contributed by atoms with van der Waals surface area (Å²) in [6.45, 7) is 4.47. The molecule has 20 heavy (non-hydrogen) atoms. The standard InChI is InChI=1S/C18H29NO/c1-16-8-7-9-17(12-16)13-19(2)14-18(15-20)10-5-3-4-6-11-18/h7-9,12,20H,3-6,10-11,13-15H2,1-2H3. The quantitative estimate of drug-likeness (QED) is 0.827. The molecule has 1 aliphatic rings. The Labute approximate surface area is 123 Å². The van der Waals surface area contributed by atoms with Crippen LogP contribution in [0.5, 0.6) is 0 Å². The first-order valence-electron chi connectivity index (χ1n) is 7.99. The second-order valence-corrected chi connectivity index (χ2v) is 6.73. The average molecular weight is 275 g/mol. The van der Waals surface area contributed by atoms with Gasteiger partial charge in [-0.05, 0) is 32.4 Å². The van der Waals surface area contributed by atoms with Gasteiger partial charge < -0.3 is 10.0 Å². The zero-order valence-corrected chi connectivity index (χ0v) is 13.1. The van der Waals surface area contributed by atoms with Crippen molar-refractivity contribution < 1.29 is 5.11 Å². The Morgan fingerprint density at radius 3 is 2.45 bits per heavy atom. The predicted molar refractivity (Wildman–Crippen MR) is 84.7 cm³/mol. The van der Waals surface area contributed by atoms with Crippen molar-refractivity contribution in [3.05, 3.63) is 35.4 Å². The summed E-state index contributed by atoms with van der Waals surface area (Å²) in [4.78, 5) is 2.39. The maximum atomic E-state index is 9.90. The summed E-state index contributed by atoms with van der Waals surface area (Å²) in [5, 5.41) is 9.90. The van der Waals surface area contributed by atoms with E-state index in [9.17, 15) is 5.11 Å². The summed E-state index contributed by atoms with van der Waals surface area (Å²) >= 11 is 0. The predicted octanol–water partition coefficient (Wildman–Crippen LogP) is 3.76. The summed E-state index contributed by atoms with van der Waals surface area (Å²) in [6.07, 6.45) is 7.59. The van der Waals surface area contributed by atoms with E-state index in [1.807, 2.05) is 0 Å². The van der Waals surface area contributed by atoms with Crippen molar-refractivity contribution in [1.29, 1.82) is 0 Å². The number of nitrogens with zero attached hydrogens (tertiary/aromatic N) is 1. The van der Waals surface area contributed by atoms with Crippen LogP contribution in [0.2, 0.25) is 0 Å². The van der Waals surface area contributed by atoms with E-state index in [-0.39, 0.29) is 5.41 Å². The smallest absolute Gasteiger partial charge is 0.0499 e. The zero-order valence-electron chi connectivity index (χ0n) is 13.1. The van der Waals surface area contributed by atoms with Crippen molar-refractivity contribution in [3.63, 3.8) is 0 Å². The third kappa shape index (κ3) is 4.32. The van der Waals surface area contributed by atoms with Crippen LogP contribution in [0.3, 0.4) is 0 Å². The molecule has 0 unspecified atom stereocenters. The molecule has 0 bridgehead atoms. The lowest BCUT2D eigenvalue weighted by molar-refractivity contribution is 0.0663. The molecule has 0 radical (unpaired) electrons. The monoisotopic (exact) mass is 275 g/mol. The molecular formula is C18H29NO.